The van der Waals surface area contributed by atoms with Gasteiger partial charge in [0.15, 0.2) is 0 Å². The van der Waals surface area contributed by atoms with Gasteiger partial charge >= 0.3 is 0 Å². The first-order valence-corrected chi connectivity index (χ1v) is 5.98. The van der Waals surface area contributed by atoms with Crippen molar-refractivity contribution in [3.8, 4) is 0 Å². The van der Waals surface area contributed by atoms with Crippen LogP contribution in [0.5, 0.6) is 0 Å². The lowest BCUT2D eigenvalue weighted by atomic mass is 10.0. The molecule has 0 amide bonds. The van der Waals surface area contributed by atoms with Gasteiger partial charge in [-0.05, 0) is 49.2 Å². The molecule has 82 valence electrons. The molecule has 2 rings (SSSR count). The van der Waals surface area contributed by atoms with Gasteiger partial charge in [0.1, 0.15) is 0 Å². The van der Waals surface area contributed by atoms with Crippen LogP contribution in [0.4, 0.5) is 0 Å². The van der Waals surface area contributed by atoms with Crippen LogP contribution in [0, 0.1) is 5.92 Å². The standard InChI is InChI=1S/C13H19NO/c15-14-10-13-7-3-6-12(13)9-8-11-4-1-2-5-11/h8-11,15H,1-7H2. The number of nitrogens with zero attached hydrogens (tertiary/aromatic N) is 1. The van der Waals surface area contributed by atoms with Gasteiger partial charge in [0, 0.05) is 0 Å². The van der Waals surface area contributed by atoms with Crippen LogP contribution in [-0.4, -0.2) is 11.4 Å². The van der Waals surface area contributed by atoms with Gasteiger partial charge in [-0.15, -0.1) is 0 Å². The Morgan fingerprint density at radius 3 is 2.53 bits per heavy atom. The lowest BCUT2D eigenvalue weighted by molar-refractivity contribution is 0.321. The molecular formula is C13H19NO. The van der Waals surface area contributed by atoms with E-state index < -0.39 is 0 Å². The van der Waals surface area contributed by atoms with Gasteiger partial charge < -0.3 is 5.21 Å². The second kappa shape index (κ2) is 5.15. The van der Waals surface area contributed by atoms with Gasteiger partial charge in [-0.3, -0.25) is 0 Å². The number of allylic oxidation sites excluding steroid dienone is 4. The summed E-state index contributed by atoms with van der Waals surface area (Å²) in [4.78, 5) is 0. The van der Waals surface area contributed by atoms with Gasteiger partial charge in [0.2, 0.25) is 0 Å². The van der Waals surface area contributed by atoms with Crippen LogP contribution in [0.15, 0.2) is 28.5 Å². The fourth-order valence-electron chi connectivity index (χ4n) is 2.60. The van der Waals surface area contributed by atoms with Crippen molar-refractivity contribution < 1.29 is 5.21 Å². The van der Waals surface area contributed by atoms with Gasteiger partial charge in [0.05, 0.1) is 6.21 Å². The topological polar surface area (TPSA) is 32.6 Å². The molecule has 15 heavy (non-hydrogen) atoms. The van der Waals surface area contributed by atoms with Crippen molar-refractivity contribution in [3.05, 3.63) is 23.3 Å². The first-order valence-electron chi connectivity index (χ1n) is 5.98. The molecule has 0 saturated heterocycles. The average molecular weight is 205 g/mol. The van der Waals surface area contributed by atoms with E-state index in [4.69, 9.17) is 5.21 Å². The van der Waals surface area contributed by atoms with Crippen LogP contribution in [0.1, 0.15) is 44.9 Å². The van der Waals surface area contributed by atoms with E-state index in [2.05, 4.69) is 17.3 Å². The van der Waals surface area contributed by atoms with E-state index in [1.807, 2.05) is 0 Å². The largest absolute Gasteiger partial charge is 0.411 e. The molecule has 0 aromatic carbocycles. The molecule has 1 fully saturated rings. The van der Waals surface area contributed by atoms with Crippen molar-refractivity contribution in [2.75, 3.05) is 0 Å². The molecule has 2 aliphatic carbocycles. The van der Waals surface area contributed by atoms with Crippen LogP contribution < -0.4 is 0 Å². The van der Waals surface area contributed by atoms with E-state index in [0.717, 1.165) is 18.8 Å². The predicted octanol–water partition coefficient (Wildman–Crippen LogP) is 3.67. The first-order chi connectivity index (χ1) is 7.40. The minimum Gasteiger partial charge on any atom is -0.411 e. The lowest BCUT2D eigenvalue weighted by Gasteiger charge is -2.01. The molecule has 1 N–H and O–H groups in total. The van der Waals surface area contributed by atoms with Gasteiger partial charge in [0.25, 0.3) is 0 Å². The zero-order valence-corrected chi connectivity index (χ0v) is 9.15. The molecule has 2 heteroatoms. The molecule has 0 unspecified atom stereocenters. The van der Waals surface area contributed by atoms with Gasteiger partial charge in [-0.1, -0.05) is 30.1 Å². The molecule has 0 aliphatic heterocycles. The Bertz CT molecular complexity index is 296. The Balaban J connectivity index is 1.99. The van der Waals surface area contributed by atoms with E-state index in [1.54, 1.807) is 6.21 Å². The zero-order valence-electron chi connectivity index (χ0n) is 9.15. The SMILES string of the molecule is ON=CC1=C(C=CC2CCCC2)CCC1. The van der Waals surface area contributed by atoms with Gasteiger partial charge in [-0.25, -0.2) is 0 Å². The molecule has 2 nitrogen and oxygen atoms in total. The Hall–Kier alpha value is -1.05. The van der Waals surface area contributed by atoms with Crippen molar-refractivity contribution in [1.29, 1.82) is 0 Å². The van der Waals surface area contributed by atoms with Crippen LogP contribution in [0.3, 0.4) is 0 Å². The molecule has 0 radical (unpaired) electrons. The summed E-state index contributed by atoms with van der Waals surface area (Å²) >= 11 is 0. The summed E-state index contributed by atoms with van der Waals surface area (Å²) in [5.41, 5.74) is 2.59. The van der Waals surface area contributed by atoms with Crippen LogP contribution in [0.25, 0.3) is 0 Å². The van der Waals surface area contributed by atoms with Crippen molar-refractivity contribution in [2.45, 2.75) is 44.9 Å². The minimum atomic E-state index is 0.797. The van der Waals surface area contributed by atoms with Crippen LogP contribution in [-0.2, 0) is 0 Å². The highest BCUT2D eigenvalue weighted by atomic mass is 16.4. The lowest BCUT2D eigenvalue weighted by Crippen LogP contribution is -1.87. The third kappa shape index (κ3) is 2.71. The summed E-state index contributed by atoms with van der Waals surface area (Å²) in [6.07, 6.45) is 15.1. The number of hydrogen-bond acceptors (Lipinski definition) is 2. The summed E-state index contributed by atoms with van der Waals surface area (Å²) in [6.45, 7) is 0. The Morgan fingerprint density at radius 2 is 1.80 bits per heavy atom. The van der Waals surface area contributed by atoms with E-state index in [0.29, 0.717) is 0 Å². The number of oxime groups is 1. The highest BCUT2D eigenvalue weighted by Gasteiger charge is 2.14. The summed E-state index contributed by atoms with van der Waals surface area (Å²) in [6, 6.07) is 0. The molecule has 2 aliphatic rings. The highest BCUT2D eigenvalue weighted by molar-refractivity contribution is 5.80. The quantitative estimate of drug-likeness (QED) is 0.425. The predicted molar refractivity (Wildman–Crippen MR) is 62.3 cm³/mol. The van der Waals surface area contributed by atoms with Crippen LogP contribution >= 0.6 is 0 Å². The molecule has 0 bridgehead atoms. The molecule has 0 aromatic heterocycles. The van der Waals surface area contributed by atoms with Crippen molar-refractivity contribution in [2.24, 2.45) is 11.1 Å². The van der Waals surface area contributed by atoms with E-state index in [1.165, 1.54) is 43.3 Å². The second-order valence-electron chi connectivity index (χ2n) is 4.55. The highest BCUT2D eigenvalue weighted by Crippen LogP contribution is 2.29. The summed E-state index contributed by atoms with van der Waals surface area (Å²) in [5, 5.41) is 11.7. The maximum Gasteiger partial charge on any atom is 0.0696 e. The Kier molecular flexibility index (Phi) is 3.59. The smallest absolute Gasteiger partial charge is 0.0696 e. The van der Waals surface area contributed by atoms with Crippen molar-refractivity contribution >= 4 is 6.21 Å². The summed E-state index contributed by atoms with van der Waals surface area (Å²) < 4.78 is 0. The maximum atomic E-state index is 8.54. The summed E-state index contributed by atoms with van der Waals surface area (Å²) in [5.74, 6) is 0.797. The monoisotopic (exact) mass is 205 g/mol. The molecule has 0 aromatic rings. The fourth-order valence-corrected chi connectivity index (χ4v) is 2.60. The molecule has 0 heterocycles. The Labute approximate surface area is 91.4 Å². The fraction of sp³-hybridized carbons (Fsp3) is 0.615. The van der Waals surface area contributed by atoms with E-state index >= 15 is 0 Å². The maximum absolute atomic E-state index is 8.54. The van der Waals surface area contributed by atoms with E-state index in [-0.39, 0.29) is 0 Å². The molecular weight excluding hydrogens is 186 g/mol. The van der Waals surface area contributed by atoms with Crippen LogP contribution in [0.2, 0.25) is 0 Å². The average Bonchev–Trinajstić information content (AvgIpc) is 2.85. The third-order valence-electron chi connectivity index (χ3n) is 3.49. The minimum absolute atomic E-state index is 0.797. The molecule has 0 atom stereocenters. The first kappa shape index (κ1) is 10.5. The zero-order chi connectivity index (χ0) is 10.5. The van der Waals surface area contributed by atoms with Crippen molar-refractivity contribution in [3.63, 3.8) is 0 Å². The second-order valence-corrected chi connectivity index (χ2v) is 4.55. The van der Waals surface area contributed by atoms with Gasteiger partial charge in [-0.2, -0.15) is 0 Å². The number of rotatable bonds is 3. The Morgan fingerprint density at radius 1 is 1.07 bits per heavy atom. The van der Waals surface area contributed by atoms with Crippen molar-refractivity contribution in [1.82, 2.24) is 0 Å². The summed E-state index contributed by atoms with van der Waals surface area (Å²) in [7, 11) is 0. The number of hydrogen-bond donors (Lipinski definition) is 1. The normalized spacial score (nSPS) is 24.0. The van der Waals surface area contributed by atoms with E-state index in [9.17, 15) is 0 Å². The molecule has 1 saturated carbocycles. The molecule has 0 spiro atoms. The third-order valence-corrected chi connectivity index (χ3v) is 3.49.